The van der Waals surface area contributed by atoms with Gasteiger partial charge in [0.25, 0.3) is 5.78 Å². The Bertz CT molecular complexity index is 1690. The number of aryl methyl sites for hydroxylation is 1. The maximum atomic E-state index is 13.7. The number of esters is 1. The molecule has 0 radical (unpaired) electrons. The first kappa shape index (κ1) is 30.6. The number of carbonyl (C=O) groups excluding carboxylic acids is 3. The molecule has 3 aromatic rings. The van der Waals surface area contributed by atoms with Crippen molar-refractivity contribution in [2.45, 2.75) is 39.3 Å². The van der Waals surface area contributed by atoms with Crippen molar-refractivity contribution in [1.29, 1.82) is 0 Å². The molecule has 1 aromatic heterocycles. The highest BCUT2D eigenvalue weighted by atomic mass is 32.1. The van der Waals surface area contributed by atoms with Gasteiger partial charge in [0.05, 0.1) is 23.9 Å². The van der Waals surface area contributed by atoms with Crippen molar-refractivity contribution in [1.82, 2.24) is 4.98 Å². The fourth-order valence-corrected chi connectivity index (χ4v) is 6.16. The zero-order valence-corrected chi connectivity index (χ0v) is 25.4. The molecular formula is C33H32N2O8S. The third-order valence-electron chi connectivity index (χ3n) is 7.06. The maximum absolute atomic E-state index is 13.7. The van der Waals surface area contributed by atoms with Gasteiger partial charge < -0.3 is 24.1 Å². The van der Waals surface area contributed by atoms with Gasteiger partial charge in [0, 0.05) is 12.0 Å². The van der Waals surface area contributed by atoms with E-state index in [4.69, 9.17) is 18.9 Å². The lowest BCUT2D eigenvalue weighted by Gasteiger charge is -2.24. The van der Waals surface area contributed by atoms with Gasteiger partial charge >= 0.3 is 11.9 Å². The van der Waals surface area contributed by atoms with Crippen LogP contribution in [0.1, 0.15) is 51.9 Å². The third-order valence-corrected chi connectivity index (χ3v) is 8.20. The Hall–Kier alpha value is -4.90. The molecular weight excluding hydrogens is 584 g/mol. The molecule has 3 heterocycles. The van der Waals surface area contributed by atoms with Crippen LogP contribution >= 0.6 is 11.3 Å². The summed E-state index contributed by atoms with van der Waals surface area (Å²) in [7, 11) is 0. The number of Topliss-reactive ketones (excluding diaryl/α,β-unsaturated/α-hetero) is 1. The summed E-state index contributed by atoms with van der Waals surface area (Å²) in [5.41, 5.74) is 1.91. The summed E-state index contributed by atoms with van der Waals surface area (Å²) >= 11 is 0.919. The Balaban J connectivity index is 1.68. The third kappa shape index (κ3) is 5.70. The number of hydrogen-bond donors (Lipinski definition) is 1. The lowest BCUT2D eigenvalue weighted by molar-refractivity contribution is -0.132. The number of hydrogen-bond acceptors (Lipinski definition) is 10. The SMILES string of the molecule is C=CCOC(=O)c1sc(N2C(=O)C(=O)/C(=C(/O)c3ccc4c(c3)C[C@H](C)O4)[C@H]2c2ccc(OCC=C)c(OCC)c2)nc1C. The van der Waals surface area contributed by atoms with Crippen molar-refractivity contribution < 1.29 is 38.4 Å². The normalized spacial score (nSPS) is 18.5. The number of nitrogens with zero attached hydrogens (tertiary/aromatic N) is 2. The molecule has 0 bridgehead atoms. The minimum atomic E-state index is -1.10. The molecule has 5 rings (SSSR count). The highest BCUT2D eigenvalue weighted by Crippen LogP contribution is 2.46. The molecule has 1 amide bonds. The molecule has 10 nitrogen and oxygen atoms in total. The minimum Gasteiger partial charge on any atom is -0.507 e. The van der Waals surface area contributed by atoms with Crippen LogP contribution in [0.15, 0.2) is 67.3 Å². The number of anilines is 1. The summed E-state index contributed by atoms with van der Waals surface area (Å²) in [6.45, 7) is 13.2. The molecule has 0 spiro atoms. The molecule has 228 valence electrons. The average Bonchev–Trinajstić information content (AvgIpc) is 3.66. The lowest BCUT2D eigenvalue weighted by atomic mass is 9.94. The highest BCUT2D eigenvalue weighted by Gasteiger charge is 2.49. The van der Waals surface area contributed by atoms with Crippen LogP contribution in [0, 0.1) is 6.92 Å². The van der Waals surface area contributed by atoms with Crippen LogP contribution in [0.3, 0.4) is 0 Å². The van der Waals surface area contributed by atoms with Gasteiger partial charge in [-0.1, -0.05) is 42.7 Å². The van der Waals surface area contributed by atoms with E-state index in [2.05, 4.69) is 18.1 Å². The maximum Gasteiger partial charge on any atom is 0.350 e. The van der Waals surface area contributed by atoms with Crippen molar-refractivity contribution >= 4 is 39.9 Å². The molecule has 0 unspecified atom stereocenters. The Labute approximate surface area is 258 Å². The van der Waals surface area contributed by atoms with Gasteiger partial charge in [0.15, 0.2) is 16.6 Å². The molecule has 1 saturated heterocycles. The first-order valence-corrected chi connectivity index (χ1v) is 14.9. The van der Waals surface area contributed by atoms with Gasteiger partial charge in [-0.2, -0.15) is 0 Å². The second-order valence-electron chi connectivity index (χ2n) is 10.2. The molecule has 1 fully saturated rings. The van der Waals surface area contributed by atoms with Crippen LogP contribution in [0.4, 0.5) is 5.13 Å². The number of aliphatic hydroxyl groups excluding tert-OH is 1. The summed E-state index contributed by atoms with van der Waals surface area (Å²) in [6.07, 6.45) is 3.66. The largest absolute Gasteiger partial charge is 0.507 e. The van der Waals surface area contributed by atoms with Crippen LogP contribution in [-0.4, -0.2) is 53.7 Å². The number of carbonyl (C=O) groups is 3. The van der Waals surface area contributed by atoms with Gasteiger partial charge in [-0.05, 0) is 62.2 Å². The van der Waals surface area contributed by atoms with Gasteiger partial charge in [0.1, 0.15) is 35.7 Å². The second-order valence-corrected chi connectivity index (χ2v) is 11.1. The number of aromatic nitrogens is 1. The van der Waals surface area contributed by atoms with Crippen molar-refractivity contribution in [3.8, 4) is 17.2 Å². The van der Waals surface area contributed by atoms with E-state index in [0.29, 0.717) is 47.1 Å². The standard InChI is InChI=1S/C33H32N2O8S/c1-6-13-41-24-12-9-20(17-25(24)40-8-3)27-26(28(36)21-10-11-23-22(16-21)15-18(4)43-23)29(37)31(38)35(27)33-34-19(5)30(44-33)32(39)42-14-7-2/h6-7,9-12,16-18,27,36H,1-2,8,13-15H2,3-5H3/b28-26+/t18-,27+/m0/s1. The quantitative estimate of drug-likeness (QED) is 0.0949. The molecule has 2 aliphatic rings. The number of thiazole rings is 1. The summed E-state index contributed by atoms with van der Waals surface area (Å²) in [6, 6.07) is 9.07. The van der Waals surface area contributed by atoms with Crippen molar-refractivity contribution in [2.75, 3.05) is 24.7 Å². The lowest BCUT2D eigenvalue weighted by Crippen LogP contribution is -2.29. The summed E-state index contributed by atoms with van der Waals surface area (Å²) in [5, 5.41) is 11.8. The molecule has 0 aliphatic carbocycles. The fourth-order valence-electron chi connectivity index (χ4n) is 5.18. The zero-order valence-electron chi connectivity index (χ0n) is 24.6. The van der Waals surface area contributed by atoms with Crippen LogP contribution < -0.4 is 19.1 Å². The predicted molar refractivity (Wildman–Crippen MR) is 166 cm³/mol. The fraction of sp³-hybridized carbons (Fsp3) is 0.273. The Kier molecular flexibility index (Phi) is 8.86. The smallest absolute Gasteiger partial charge is 0.350 e. The molecule has 44 heavy (non-hydrogen) atoms. The molecule has 2 aromatic carbocycles. The van der Waals surface area contributed by atoms with Gasteiger partial charge in [-0.25, -0.2) is 9.78 Å². The monoisotopic (exact) mass is 616 g/mol. The van der Waals surface area contributed by atoms with E-state index in [1.54, 1.807) is 49.4 Å². The van der Waals surface area contributed by atoms with E-state index in [1.807, 2.05) is 13.8 Å². The molecule has 2 aliphatic heterocycles. The average molecular weight is 617 g/mol. The number of rotatable bonds is 11. The zero-order chi connectivity index (χ0) is 31.5. The first-order valence-electron chi connectivity index (χ1n) is 14.0. The van der Waals surface area contributed by atoms with Gasteiger partial charge in [-0.15, -0.1) is 0 Å². The van der Waals surface area contributed by atoms with Crippen molar-refractivity contribution in [3.05, 3.63) is 94.5 Å². The van der Waals surface area contributed by atoms with Crippen LogP contribution in [0.2, 0.25) is 0 Å². The number of ether oxygens (including phenoxy) is 4. The minimum absolute atomic E-state index is 0.00109. The van der Waals surface area contributed by atoms with Gasteiger partial charge in [-0.3, -0.25) is 14.5 Å². The summed E-state index contributed by atoms with van der Waals surface area (Å²) in [5.74, 6) is -1.25. The van der Waals surface area contributed by atoms with Crippen LogP contribution in [0.25, 0.3) is 5.76 Å². The topological polar surface area (TPSA) is 124 Å². The summed E-state index contributed by atoms with van der Waals surface area (Å²) < 4.78 is 22.6. The molecule has 0 saturated carbocycles. The van der Waals surface area contributed by atoms with Crippen LogP contribution in [0.5, 0.6) is 17.2 Å². The first-order chi connectivity index (χ1) is 21.2. The Morgan fingerprint density at radius 3 is 2.64 bits per heavy atom. The number of fused-ring (bicyclic) bond motifs is 1. The van der Waals surface area contributed by atoms with Crippen LogP contribution in [-0.2, 0) is 20.7 Å². The number of aliphatic hydroxyl groups is 1. The Morgan fingerprint density at radius 2 is 1.91 bits per heavy atom. The van der Waals surface area contributed by atoms with E-state index < -0.39 is 23.7 Å². The van der Waals surface area contributed by atoms with E-state index in [9.17, 15) is 19.5 Å². The molecule has 2 atom stereocenters. The number of ketones is 1. The molecule has 1 N–H and O–H groups in total. The highest BCUT2D eigenvalue weighted by molar-refractivity contribution is 7.17. The summed E-state index contributed by atoms with van der Waals surface area (Å²) in [4.78, 5) is 46.0. The van der Waals surface area contributed by atoms with Gasteiger partial charge in [0.2, 0.25) is 0 Å². The van der Waals surface area contributed by atoms with E-state index in [0.717, 1.165) is 16.9 Å². The molecule has 11 heteroatoms. The second kappa shape index (κ2) is 12.8. The van der Waals surface area contributed by atoms with Crippen molar-refractivity contribution in [3.63, 3.8) is 0 Å². The van der Waals surface area contributed by atoms with E-state index >= 15 is 0 Å². The predicted octanol–water partition coefficient (Wildman–Crippen LogP) is 5.71. The van der Waals surface area contributed by atoms with E-state index in [1.165, 1.54) is 11.0 Å². The Morgan fingerprint density at radius 1 is 1.14 bits per heavy atom. The van der Waals surface area contributed by atoms with E-state index in [-0.39, 0.29) is 40.7 Å². The number of amides is 1. The van der Waals surface area contributed by atoms with Crippen molar-refractivity contribution in [2.24, 2.45) is 0 Å². The number of benzene rings is 2.